The number of benzene rings is 1. The zero-order valence-corrected chi connectivity index (χ0v) is 46.3. The van der Waals surface area contributed by atoms with Crippen LogP contribution in [0.25, 0.3) is 0 Å². The van der Waals surface area contributed by atoms with Gasteiger partial charge in [0.2, 0.25) is 17.7 Å². The summed E-state index contributed by atoms with van der Waals surface area (Å²) in [6.45, 7) is 19.5. The molecule has 1 fully saturated rings. The Balaban J connectivity index is 1.28. The predicted molar refractivity (Wildman–Crippen MR) is 289 cm³/mol. The maximum atomic E-state index is 14.0. The molecule has 8 N–H and O–H groups in total. The van der Waals surface area contributed by atoms with Crippen molar-refractivity contribution in [1.29, 1.82) is 0 Å². The van der Waals surface area contributed by atoms with E-state index in [0.29, 0.717) is 31.5 Å². The average molecular weight is 1050 g/mol. The Morgan fingerprint density at radius 2 is 1.71 bits per heavy atom. The molecule has 14 atom stereocenters. The van der Waals surface area contributed by atoms with E-state index in [1.54, 1.807) is 51.1 Å². The van der Waals surface area contributed by atoms with Gasteiger partial charge in [-0.15, -0.1) is 0 Å². The summed E-state index contributed by atoms with van der Waals surface area (Å²) in [6, 6.07) is 4.20. The normalized spacial score (nSPS) is 25.2. The average Bonchev–Trinajstić information content (AvgIpc) is 3.36. The fourth-order valence-corrected chi connectivity index (χ4v) is 10.2. The molecule has 0 unspecified atom stereocenters. The van der Waals surface area contributed by atoms with E-state index in [4.69, 9.17) is 4.74 Å². The Bertz CT molecular complexity index is 2270. The Morgan fingerprint density at radius 1 is 0.973 bits per heavy atom. The van der Waals surface area contributed by atoms with Crippen LogP contribution >= 0.6 is 0 Å². The highest BCUT2D eigenvalue weighted by Gasteiger charge is 2.51. The molecule has 0 aromatic heterocycles. The topological polar surface area (TPSA) is 247 Å². The highest BCUT2D eigenvalue weighted by atomic mass is 16.5. The van der Waals surface area contributed by atoms with Crippen LogP contribution in [0.15, 0.2) is 89.1 Å². The van der Waals surface area contributed by atoms with Gasteiger partial charge in [0.25, 0.3) is 0 Å². The molecule has 4 amide bonds. The van der Waals surface area contributed by atoms with E-state index >= 15 is 0 Å². The van der Waals surface area contributed by atoms with Crippen LogP contribution in [0.3, 0.4) is 0 Å². The van der Waals surface area contributed by atoms with Gasteiger partial charge in [-0.1, -0.05) is 114 Å². The summed E-state index contributed by atoms with van der Waals surface area (Å²) >= 11 is 0. The summed E-state index contributed by atoms with van der Waals surface area (Å²) < 4.78 is 8.06. The highest BCUT2D eigenvalue weighted by Crippen LogP contribution is 2.43. The van der Waals surface area contributed by atoms with E-state index < -0.39 is 77.7 Å². The summed E-state index contributed by atoms with van der Waals surface area (Å²) in [5.41, 5.74) is 1.54. The molecule has 4 rings (SSSR count). The number of hydrogen-bond acceptors (Lipinski definition) is 12. The van der Waals surface area contributed by atoms with Crippen LogP contribution < -0.4 is 16.0 Å². The van der Waals surface area contributed by atoms with E-state index in [1.165, 1.54) is 29.8 Å². The van der Waals surface area contributed by atoms with Crippen molar-refractivity contribution in [3.8, 4) is 5.75 Å². The lowest BCUT2D eigenvalue weighted by molar-refractivity contribution is -0.523. The van der Waals surface area contributed by atoms with Crippen molar-refractivity contribution in [2.45, 2.75) is 188 Å². The predicted octanol–water partition coefficient (Wildman–Crippen LogP) is 7.08. The molecule has 0 radical (unpaired) electrons. The molecule has 1 aromatic carbocycles. The van der Waals surface area contributed by atoms with Gasteiger partial charge in [0, 0.05) is 49.4 Å². The van der Waals surface area contributed by atoms with Crippen molar-refractivity contribution < 1.29 is 58.9 Å². The van der Waals surface area contributed by atoms with Gasteiger partial charge in [0.15, 0.2) is 18.3 Å². The lowest BCUT2D eigenvalue weighted by Gasteiger charge is -2.51. The number of phenolic OH excluding ortho intramolecular Hbond substituents is 1. The lowest BCUT2D eigenvalue weighted by atomic mass is 9.75. The number of carbonyl (C=O) groups excluding carboxylic acids is 5. The molecule has 16 heteroatoms. The van der Waals surface area contributed by atoms with Crippen molar-refractivity contribution in [2.24, 2.45) is 46.5 Å². The Morgan fingerprint density at radius 3 is 2.36 bits per heavy atom. The first kappa shape index (κ1) is 62.4. The third-order valence-corrected chi connectivity index (χ3v) is 15.5. The SMILES string of the molecule is CC[C@H]1C[C@H](C)[C@@]2(NC1=O)O[C@@H](C[C@H](O)[C@@H](C)CCC=CC=C(C)[C@@H](O)CC=CC=C[C@@H](O)[C@H](C)[C@@H](O)[C@@H](CCC(C)=O)C(=O)N[C@H](C(=O)N[C@@H](Cc1cccc(O)c1)C(=O)[N+]1=NCCCC1)C(C)C)[C@H](C)C=C2C. The number of ketones is 1. The molecule has 3 heterocycles. The largest absolute Gasteiger partial charge is 0.508 e. The van der Waals surface area contributed by atoms with Crippen LogP contribution in [-0.4, -0.2) is 121 Å². The number of nitrogens with zero attached hydrogens (tertiary/aromatic N) is 2. The van der Waals surface area contributed by atoms with E-state index in [9.17, 15) is 49.5 Å². The summed E-state index contributed by atoms with van der Waals surface area (Å²) in [5, 5.41) is 68.0. The molecule has 16 nitrogen and oxygen atoms in total. The second kappa shape index (κ2) is 30.0. The Labute approximate surface area is 446 Å². The van der Waals surface area contributed by atoms with Gasteiger partial charge in [0.1, 0.15) is 24.1 Å². The zero-order valence-electron chi connectivity index (χ0n) is 46.3. The number of aromatic hydroxyl groups is 1. The number of aliphatic hydroxyl groups is 4. The number of allylic oxidation sites excluding steroid dienone is 5. The fourth-order valence-electron chi connectivity index (χ4n) is 10.2. The van der Waals surface area contributed by atoms with Crippen molar-refractivity contribution in [1.82, 2.24) is 16.0 Å². The molecular formula is C59H90N5O11+. The minimum absolute atomic E-state index is 0.00877. The fraction of sp³-hybridized carbons (Fsp3) is 0.644. The number of hydrogen-bond donors (Lipinski definition) is 8. The third kappa shape index (κ3) is 18.3. The molecule has 1 saturated heterocycles. The number of rotatable bonds is 27. The number of carbonyl (C=O) groups is 5. The first-order valence-electron chi connectivity index (χ1n) is 27.4. The number of ether oxygens (including phenoxy) is 1. The standard InChI is InChI=1S/C59H89N5O11/c1-11-45-32-41(8)59(63-55(45)71)40(7)31-39(6)52(75-59)35-51(69)38(5)22-15-12-14-21-37(4)49(67)25-16-13-17-26-50(68)43(10)54(70)47(28-27-42(9)65)56(72)62-53(36(2)3)57(73)61-48(34-44-23-20-24-46(66)33-44)58(74)64-30-19-18-29-60-64/h12-14,16-17,20-21,23-24,26,31,33,36,38-39,41,43,45,47-54,67-70H,11,15,18-19,22,25,27-30,32,34-35H2,1-10H3,(H3-,61,62,63,66,71,72,73)/p+1/t38-,39+,41-,43-,45-,47+,48-,49-,50+,51-,52-,53-,54+,59-/m0/s1. The lowest BCUT2D eigenvalue weighted by Crippen LogP contribution is -2.64. The molecular weight excluding hydrogens is 955 g/mol. The van der Waals surface area contributed by atoms with E-state index in [-0.39, 0.29) is 66.5 Å². The van der Waals surface area contributed by atoms with Gasteiger partial charge < -0.3 is 51.0 Å². The third-order valence-electron chi connectivity index (χ3n) is 15.5. The molecule has 0 bridgehead atoms. The van der Waals surface area contributed by atoms with Gasteiger partial charge in [0.05, 0.1) is 36.4 Å². The number of phenols is 1. The molecule has 416 valence electrons. The van der Waals surface area contributed by atoms with Crippen LogP contribution in [0, 0.1) is 41.4 Å². The van der Waals surface area contributed by atoms with E-state index in [1.807, 2.05) is 45.9 Å². The zero-order chi connectivity index (χ0) is 55.6. The minimum atomic E-state index is -1.42. The first-order valence-corrected chi connectivity index (χ1v) is 27.4. The van der Waals surface area contributed by atoms with Crippen molar-refractivity contribution in [3.05, 3.63) is 89.6 Å². The van der Waals surface area contributed by atoms with Crippen LogP contribution in [0.2, 0.25) is 0 Å². The summed E-state index contributed by atoms with van der Waals surface area (Å²) in [6.07, 6.45) is 15.7. The molecule has 3 aliphatic heterocycles. The first-order chi connectivity index (χ1) is 35.5. The minimum Gasteiger partial charge on any atom is -0.508 e. The quantitative estimate of drug-likeness (QED) is 0.0251. The number of piperidine rings is 1. The second-order valence-corrected chi connectivity index (χ2v) is 22.0. The van der Waals surface area contributed by atoms with Crippen LogP contribution in [0.1, 0.15) is 139 Å². The van der Waals surface area contributed by atoms with E-state index in [2.05, 4.69) is 41.0 Å². The molecule has 75 heavy (non-hydrogen) atoms. The Kier molecular flexibility index (Phi) is 24.9. The van der Waals surface area contributed by atoms with Crippen molar-refractivity contribution in [2.75, 3.05) is 13.1 Å². The summed E-state index contributed by atoms with van der Waals surface area (Å²) in [7, 11) is 0. The number of nitrogens with one attached hydrogen (secondary N) is 3. The van der Waals surface area contributed by atoms with Crippen molar-refractivity contribution >= 4 is 29.4 Å². The molecule has 1 aromatic rings. The van der Waals surface area contributed by atoms with Gasteiger partial charge in [-0.25, -0.2) is 4.79 Å². The number of Topliss-reactive ketones (excluding diaryl/α,β-unsaturated/α-hetero) is 1. The van der Waals surface area contributed by atoms with Crippen LogP contribution in [0.4, 0.5) is 0 Å². The highest BCUT2D eigenvalue weighted by molar-refractivity contribution is 5.91. The van der Waals surface area contributed by atoms with Gasteiger partial charge >= 0.3 is 5.91 Å². The molecule has 0 saturated carbocycles. The Hall–Kier alpha value is -5.13. The van der Waals surface area contributed by atoms with E-state index in [0.717, 1.165) is 49.7 Å². The monoisotopic (exact) mass is 1040 g/mol. The molecule has 3 aliphatic rings. The van der Waals surface area contributed by atoms with Gasteiger partial charge in [-0.2, -0.15) is 0 Å². The molecule has 0 aliphatic carbocycles. The van der Waals surface area contributed by atoms with Crippen molar-refractivity contribution in [3.63, 3.8) is 0 Å². The van der Waals surface area contributed by atoms with Crippen LogP contribution in [-0.2, 0) is 35.1 Å². The summed E-state index contributed by atoms with van der Waals surface area (Å²) in [4.78, 5) is 66.7. The molecule has 1 spiro atoms. The maximum absolute atomic E-state index is 14.0. The summed E-state index contributed by atoms with van der Waals surface area (Å²) in [5.74, 6) is -4.19. The second-order valence-electron chi connectivity index (χ2n) is 22.0. The smallest absolute Gasteiger partial charge is 0.434 e. The number of azo groups is 2. The number of amides is 4. The van der Waals surface area contributed by atoms with Crippen LogP contribution in [0.5, 0.6) is 5.75 Å². The number of aliphatic hydroxyl groups excluding tert-OH is 4. The van der Waals surface area contributed by atoms with Gasteiger partial charge in [-0.05, 0) is 112 Å². The maximum Gasteiger partial charge on any atom is 0.434 e. The van der Waals surface area contributed by atoms with Gasteiger partial charge in [-0.3, -0.25) is 14.4 Å².